The fraction of sp³-hybridized carbons (Fsp3) is 0.407. The lowest BCUT2D eigenvalue weighted by molar-refractivity contribution is 0.119. The van der Waals surface area contributed by atoms with Crippen molar-refractivity contribution in [2.24, 2.45) is 5.92 Å². The zero-order valence-corrected chi connectivity index (χ0v) is 21.2. The SMILES string of the molecule is Cc1ccc2cc(CN(Cc3ccc(F)cc3)[C@@H](c3nnnn3C(C)(C)C)C(C)C)c(=O)[nH]c2c1. The number of fused-ring (bicyclic) bond motifs is 1. The Morgan fingerprint density at radius 2 is 1.77 bits per heavy atom. The Bertz CT molecular complexity index is 1370. The maximum absolute atomic E-state index is 13.6. The lowest BCUT2D eigenvalue weighted by Gasteiger charge is -2.35. The quantitative estimate of drug-likeness (QED) is 0.401. The van der Waals surface area contributed by atoms with Gasteiger partial charge in [-0.15, -0.1) is 5.10 Å². The molecular weight excluding hydrogens is 443 g/mol. The molecule has 0 aliphatic rings. The molecule has 2 aromatic heterocycles. The van der Waals surface area contributed by atoms with E-state index in [0.717, 1.165) is 27.9 Å². The van der Waals surface area contributed by atoms with E-state index in [1.807, 2.05) is 35.9 Å². The van der Waals surface area contributed by atoms with Gasteiger partial charge in [-0.05, 0) is 84.8 Å². The van der Waals surface area contributed by atoms with Gasteiger partial charge in [0.15, 0.2) is 5.82 Å². The molecule has 0 aliphatic carbocycles. The largest absolute Gasteiger partial charge is 0.322 e. The Hall–Kier alpha value is -3.39. The maximum Gasteiger partial charge on any atom is 0.252 e. The number of H-pyrrole nitrogens is 1. The van der Waals surface area contributed by atoms with Crippen LogP contribution in [-0.2, 0) is 18.6 Å². The second kappa shape index (κ2) is 9.70. The molecule has 0 spiro atoms. The van der Waals surface area contributed by atoms with Gasteiger partial charge in [0.05, 0.1) is 11.6 Å². The average Bonchev–Trinajstić information content (AvgIpc) is 3.25. The first kappa shape index (κ1) is 24.7. The molecule has 0 unspecified atom stereocenters. The van der Waals surface area contributed by atoms with Crippen LogP contribution in [0.15, 0.2) is 53.3 Å². The van der Waals surface area contributed by atoms with Crippen LogP contribution in [0.1, 0.15) is 63.2 Å². The number of benzene rings is 2. The van der Waals surface area contributed by atoms with Gasteiger partial charge in [-0.2, -0.15) is 0 Å². The van der Waals surface area contributed by atoms with E-state index >= 15 is 0 Å². The maximum atomic E-state index is 13.6. The summed E-state index contributed by atoms with van der Waals surface area (Å²) in [5, 5.41) is 13.7. The molecule has 1 N–H and O–H groups in total. The topological polar surface area (TPSA) is 79.7 Å². The zero-order valence-electron chi connectivity index (χ0n) is 21.2. The average molecular weight is 477 g/mol. The highest BCUT2D eigenvalue weighted by molar-refractivity contribution is 5.79. The third kappa shape index (κ3) is 5.48. The van der Waals surface area contributed by atoms with Crippen molar-refractivity contribution in [3.8, 4) is 0 Å². The predicted octanol–water partition coefficient (Wildman–Crippen LogP) is 5.12. The number of nitrogens with zero attached hydrogens (tertiary/aromatic N) is 5. The molecule has 2 heterocycles. The Kier molecular flexibility index (Phi) is 6.85. The fourth-order valence-corrected chi connectivity index (χ4v) is 4.51. The van der Waals surface area contributed by atoms with E-state index in [4.69, 9.17) is 0 Å². The molecule has 1 atom stereocenters. The summed E-state index contributed by atoms with van der Waals surface area (Å²) in [6.45, 7) is 13.3. The van der Waals surface area contributed by atoms with Crippen LogP contribution in [-0.4, -0.2) is 30.1 Å². The molecule has 0 saturated heterocycles. The number of aromatic amines is 1. The summed E-state index contributed by atoms with van der Waals surface area (Å²) < 4.78 is 15.5. The summed E-state index contributed by atoms with van der Waals surface area (Å²) >= 11 is 0. The van der Waals surface area contributed by atoms with Gasteiger partial charge in [0.25, 0.3) is 5.56 Å². The molecule has 0 saturated carbocycles. The zero-order chi connectivity index (χ0) is 25.3. The molecule has 35 heavy (non-hydrogen) atoms. The molecule has 0 bridgehead atoms. The molecule has 0 amide bonds. The molecule has 0 fully saturated rings. The minimum absolute atomic E-state index is 0.120. The van der Waals surface area contributed by atoms with E-state index in [-0.39, 0.29) is 28.9 Å². The van der Waals surface area contributed by atoms with Gasteiger partial charge in [0.1, 0.15) is 5.82 Å². The number of tetrazole rings is 1. The van der Waals surface area contributed by atoms with Crippen molar-refractivity contribution in [2.75, 3.05) is 0 Å². The molecule has 0 aliphatic heterocycles. The van der Waals surface area contributed by atoms with Crippen LogP contribution in [0, 0.1) is 18.7 Å². The monoisotopic (exact) mass is 476 g/mol. The number of nitrogens with one attached hydrogen (secondary N) is 1. The van der Waals surface area contributed by atoms with E-state index in [0.29, 0.717) is 18.7 Å². The first-order valence-electron chi connectivity index (χ1n) is 11.9. The number of aryl methyl sites for hydroxylation is 1. The minimum atomic E-state index is -0.314. The van der Waals surface area contributed by atoms with Crippen molar-refractivity contribution in [3.05, 3.63) is 87.2 Å². The van der Waals surface area contributed by atoms with Crippen molar-refractivity contribution in [3.63, 3.8) is 0 Å². The highest BCUT2D eigenvalue weighted by Crippen LogP contribution is 2.32. The molecule has 4 aromatic rings. The lowest BCUT2D eigenvalue weighted by atomic mass is 9.98. The Morgan fingerprint density at radius 3 is 2.43 bits per heavy atom. The van der Waals surface area contributed by atoms with E-state index in [9.17, 15) is 9.18 Å². The van der Waals surface area contributed by atoms with E-state index in [2.05, 4.69) is 60.0 Å². The van der Waals surface area contributed by atoms with Crippen molar-refractivity contribution in [1.82, 2.24) is 30.1 Å². The third-order valence-electron chi connectivity index (χ3n) is 6.17. The normalized spacial score (nSPS) is 13.2. The van der Waals surface area contributed by atoms with Crippen LogP contribution in [0.5, 0.6) is 0 Å². The number of pyridine rings is 1. The minimum Gasteiger partial charge on any atom is -0.322 e. The summed E-state index contributed by atoms with van der Waals surface area (Å²) in [6.07, 6.45) is 0. The highest BCUT2D eigenvalue weighted by Gasteiger charge is 2.33. The molecule has 4 rings (SSSR count). The lowest BCUT2D eigenvalue weighted by Crippen LogP contribution is -2.37. The standard InChI is InChI=1S/C27H33FN6O/c1-17(2)24(25-30-31-32-34(25)27(4,5)6)33(15-19-8-11-22(28)12-9-19)16-21-14-20-10-7-18(3)13-23(20)29-26(21)35/h7-14,17,24H,15-16H2,1-6H3,(H,29,35)/t24-/m1/s1. The summed E-state index contributed by atoms with van der Waals surface area (Å²) in [4.78, 5) is 18.3. The molecule has 184 valence electrons. The Morgan fingerprint density at radius 1 is 1.06 bits per heavy atom. The molecule has 2 aromatic carbocycles. The van der Waals surface area contributed by atoms with Gasteiger partial charge in [-0.3, -0.25) is 9.69 Å². The first-order valence-corrected chi connectivity index (χ1v) is 11.9. The third-order valence-corrected chi connectivity index (χ3v) is 6.17. The van der Waals surface area contributed by atoms with Crippen LogP contribution >= 0.6 is 0 Å². The smallest absolute Gasteiger partial charge is 0.252 e. The number of aromatic nitrogens is 5. The molecular formula is C27H33FN6O. The van der Waals surface area contributed by atoms with Crippen LogP contribution in [0.4, 0.5) is 4.39 Å². The molecule has 7 nitrogen and oxygen atoms in total. The predicted molar refractivity (Wildman–Crippen MR) is 135 cm³/mol. The summed E-state index contributed by atoms with van der Waals surface area (Å²) in [7, 11) is 0. The van der Waals surface area contributed by atoms with E-state index < -0.39 is 0 Å². The highest BCUT2D eigenvalue weighted by atomic mass is 19.1. The van der Waals surface area contributed by atoms with Crippen LogP contribution in [0.3, 0.4) is 0 Å². The van der Waals surface area contributed by atoms with Gasteiger partial charge in [-0.25, -0.2) is 9.07 Å². The number of halogens is 1. The second-order valence-corrected chi connectivity index (χ2v) is 10.6. The number of rotatable bonds is 7. The van der Waals surface area contributed by atoms with E-state index in [1.54, 1.807) is 12.1 Å². The van der Waals surface area contributed by atoms with Crippen molar-refractivity contribution in [2.45, 2.75) is 66.2 Å². The summed E-state index contributed by atoms with van der Waals surface area (Å²) in [6, 6.07) is 14.3. The fourth-order valence-electron chi connectivity index (χ4n) is 4.51. The van der Waals surface area contributed by atoms with Crippen molar-refractivity contribution >= 4 is 10.9 Å². The van der Waals surface area contributed by atoms with Crippen LogP contribution in [0.25, 0.3) is 10.9 Å². The van der Waals surface area contributed by atoms with Crippen molar-refractivity contribution < 1.29 is 4.39 Å². The van der Waals surface area contributed by atoms with E-state index in [1.165, 1.54) is 12.1 Å². The van der Waals surface area contributed by atoms with Gasteiger partial charge in [0.2, 0.25) is 0 Å². The van der Waals surface area contributed by atoms with Crippen LogP contribution in [0.2, 0.25) is 0 Å². The van der Waals surface area contributed by atoms with Gasteiger partial charge in [-0.1, -0.05) is 38.1 Å². The Labute approximate surface area is 205 Å². The number of hydrogen-bond acceptors (Lipinski definition) is 5. The molecule has 8 heteroatoms. The first-order chi connectivity index (χ1) is 16.5. The Balaban J connectivity index is 1.80. The summed E-state index contributed by atoms with van der Waals surface area (Å²) in [5.74, 6) is 0.603. The van der Waals surface area contributed by atoms with Crippen molar-refractivity contribution in [1.29, 1.82) is 0 Å². The van der Waals surface area contributed by atoms with Gasteiger partial charge < -0.3 is 4.98 Å². The number of hydrogen-bond donors (Lipinski definition) is 1. The summed E-state index contributed by atoms with van der Waals surface area (Å²) in [5.41, 5.74) is 3.08. The van der Waals surface area contributed by atoms with Gasteiger partial charge >= 0.3 is 0 Å². The van der Waals surface area contributed by atoms with Gasteiger partial charge in [0, 0.05) is 24.2 Å². The molecule has 0 radical (unpaired) electrons. The second-order valence-electron chi connectivity index (χ2n) is 10.6. The van der Waals surface area contributed by atoms with Crippen LogP contribution < -0.4 is 5.56 Å².